The van der Waals surface area contributed by atoms with Gasteiger partial charge in [-0.25, -0.2) is 9.79 Å². The third-order valence-electron chi connectivity index (χ3n) is 4.43. The maximum atomic E-state index is 12.6. The Bertz CT molecular complexity index is 812. The number of hydrogen-bond donors (Lipinski definition) is 2. The quantitative estimate of drug-likeness (QED) is 0.387. The van der Waals surface area contributed by atoms with E-state index in [1.807, 2.05) is 0 Å². The predicted octanol–water partition coefficient (Wildman–Crippen LogP) is 1.53. The number of rotatable bonds is 8. The minimum atomic E-state index is -0.837. The Morgan fingerprint density at radius 2 is 2.03 bits per heavy atom. The van der Waals surface area contributed by atoms with Crippen molar-refractivity contribution >= 4 is 12.2 Å². The minimum absolute atomic E-state index is 0.199. The van der Waals surface area contributed by atoms with E-state index >= 15 is 0 Å². The van der Waals surface area contributed by atoms with Crippen LogP contribution in [0.5, 0.6) is 0 Å². The summed E-state index contributed by atoms with van der Waals surface area (Å²) in [4.78, 5) is 23.2. The third-order valence-corrected chi connectivity index (χ3v) is 4.43. The number of aliphatic hydroxyl groups is 2. The van der Waals surface area contributed by atoms with Crippen molar-refractivity contribution in [2.45, 2.75) is 59.5 Å². The molecular weight excluding hydrogens is 372 g/mol. The number of hydrogen-bond acceptors (Lipinski definition) is 6. The lowest BCUT2D eigenvalue weighted by Gasteiger charge is -2.23. The van der Waals surface area contributed by atoms with Crippen molar-refractivity contribution in [1.82, 2.24) is 14.5 Å². The Balaban J connectivity index is 2.34. The van der Waals surface area contributed by atoms with Gasteiger partial charge in [-0.15, -0.1) is 5.92 Å². The Kier molecular flexibility index (Phi) is 8.38. The Hall–Kier alpha value is -2.21. The lowest BCUT2D eigenvalue weighted by molar-refractivity contribution is -0.0458. The molecule has 0 unspecified atom stereocenters. The van der Waals surface area contributed by atoms with Crippen molar-refractivity contribution in [2.75, 3.05) is 19.7 Å². The van der Waals surface area contributed by atoms with Crippen molar-refractivity contribution in [3.8, 4) is 11.8 Å². The van der Waals surface area contributed by atoms with E-state index in [1.165, 1.54) is 4.57 Å². The lowest BCUT2D eigenvalue weighted by atomic mass is 10.1. The molecule has 8 nitrogen and oxygen atoms in total. The van der Waals surface area contributed by atoms with Crippen molar-refractivity contribution < 1.29 is 14.9 Å². The normalized spacial score (nSPS) is 21.8. The monoisotopic (exact) mass is 404 g/mol. The van der Waals surface area contributed by atoms with Crippen molar-refractivity contribution in [1.29, 1.82) is 0 Å². The van der Waals surface area contributed by atoms with Crippen LogP contribution in [0.1, 0.15) is 52.8 Å². The third kappa shape index (κ3) is 6.39. The largest absolute Gasteiger partial charge is 0.394 e. The molecule has 0 aromatic carbocycles. The lowest BCUT2D eigenvalue weighted by Crippen LogP contribution is -2.30. The summed E-state index contributed by atoms with van der Waals surface area (Å²) in [6.45, 7) is 11.7. The molecule has 160 valence electrons. The van der Waals surface area contributed by atoms with Gasteiger partial charge >= 0.3 is 5.69 Å². The highest BCUT2D eigenvalue weighted by Crippen LogP contribution is 2.28. The van der Waals surface area contributed by atoms with Gasteiger partial charge in [0.15, 0.2) is 5.82 Å². The highest BCUT2D eigenvalue weighted by atomic mass is 16.5. The van der Waals surface area contributed by atoms with Gasteiger partial charge in [0.25, 0.3) is 0 Å². The Morgan fingerprint density at radius 3 is 2.55 bits per heavy atom. The van der Waals surface area contributed by atoms with E-state index < -0.39 is 24.1 Å². The van der Waals surface area contributed by atoms with Crippen molar-refractivity contribution in [3.63, 3.8) is 0 Å². The Labute approximate surface area is 172 Å². The second-order valence-electron chi connectivity index (χ2n) is 8.14. The fraction of sp³-hybridized carbons (Fsp3) is 0.667. The summed E-state index contributed by atoms with van der Waals surface area (Å²) < 4.78 is 6.88. The number of aliphatic imine (C=N–C) groups is 1. The standard InChI is InChI=1S/C21H32N4O4/c1-6-7-16-11-25(19-8-17(27)18(12-26)29-19)21(28)23-20(16)22-13-24(9-14(2)3)10-15(4)5/h11,13-15,17-19,26-27H,8-10,12H2,1-5H3/b22-13-/t17-,18+,19+/m0/s1. The molecule has 29 heavy (non-hydrogen) atoms. The van der Waals surface area contributed by atoms with Crippen LogP contribution in [0, 0.1) is 23.7 Å². The topological polar surface area (TPSA) is 100 Å². The van der Waals surface area contributed by atoms with Crippen LogP contribution < -0.4 is 5.69 Å². The van der Waals surface area contributed by atoms with Crippen LogP contribution in [0.2, 0.25) is 0 Å². The van der Waals surface area contributed by atoms with Gasteiger partial charge in [-0.3, -0.25) is 4.57 Å². The van der Waals surface area contributed by atoms with Crippen LogP contribution in [-0.4, -0.2) is 62.9 Å². The van der Waals surface area contributed by atoms with Gasteiger partial charge in [0.1, 0.15) is 12.3 Å². The van der Waals surface area contributed by atoms with E-state index in [9.17, 15) is 15.0 Å². The summed E-state index contributed by atoms with van der Waals surface area (Å²) in [6, 6.07) is 0. The van der Waals surface area contributed by atoms with E-state index in [2.05, 4.69) is 54.4 Å². The molecule has 2 rings (SSSR count). The zero-order chi connectivity index (χ0) is 21.6. The maximum Gasteiger partial charge on any atom is 0.351 e. The van der Waals surface area contributed by atoms with Gasteiger partial charge in [-0.05, 0) is 18.8 Å². The number of ether oxygens (including phenoxy) is 1. The van der Waals surface area contributed by atoms with E-state index in [0.29, 0.717) is 17.4 Å². The zero-order valence-corrected chi connectivity index (χ0v) is 17.9. The van der Waals surface area contributed by atoms with Gasteiger partial charge in [0, 0.05) is 25.7 Å². The molecule has 2 heterocycles. The van der Waals surface area contributed by atoms with Crippen LogP contribution in [-0.2, 0) is 4.74 Å². The van der Waals surface area contributed by atoms with Crippen molar-refractivity contribution in [3.05, 3.63) is 22.2 Å². The molecule has 1 fully saturated rings. The molecular formula is C21H32N4O4. The molecule has 8 heteroatoms. The van der Waals surface area contributed by atoms with E-state index in [0.717, 1.165) is 13.1 Å². The van der Waals surface area contributed by atoms with Crippen molar-refractivity contribution in [2.24, 2.45) is 16.8 Å². The molecule has 0 bridgehead atoms. The second kappa shape index (κ2) is 10.5. The van der Waals surface area contributed by atoms with Crippen LogP contribution in [0.4, 0.5) is 5.82 Å². The first kappa shape index (κ1) is 23.1. The van der Waals surface area contributed by atoms with Crippen LogP contribution in [0.25, 0.3) is 0 Å². The average molecular weight is 405 g/mol. The van der Waals surface area contributed by atoms with E-state index in [-0.39, 0.29) is 18.8 Å². The fourth-order valence-corrected chi connectivity index (χ4v) is 3.28. The molecule has 2 N–H and O–H groups in total. The molecule has 0 saturated carbocycles. The highest BCUT2D eigenvalue weighted by Gasteiger charge is 2.35. The zero-order valence-electron chi connectivity index (χ0n) is 17.9. The maximum absolute atomic E-state index is 12.6. The first-order valence-corrected chi connectivity index (χ1v) is 10.0. The van der Waals surface area contributed by atoms with Crippen LogP contribution in [0.15, 0.2) is 16.0 Å². The van der Waals surface area contributed by atoms with Gasteiger partial charge < -0.3 is 19.8 Å². The molecule has 0 spiro atoms. The number of nitrogens with zero attached hydrogens (tertiary/aromatic N) is 4. The SMILES string of the molecule is CC#Cc1cn([C@H]2C[C@H](O)[C@@H](CO)O2)c(=O)nc1/N=C\N(CC(C)C)CC(C)C. The molecule has 1 saturated heterocycles. The summed E-state index contributed by atoms with van der Waals surface area (Å²) in [6.07, 6.45) is 1.23. The molecule has 1 aliphatic heterocycles. The smallest absolute Gasteiger partial charge is 0.351 e. The summed E-state index contributed by atoms with van der Waals surface area (Å²) in [5, 5.41) is 19.2. The second-order valence-corrected chi connectivity index (χ2v) is 8.14. The predicted molar refractivity (Wildman–Crippen MR) is 112 cm³/mol. The summed E-state index contributed by atoms with van der Waals surface area (Å²) >= 11 is 0. The fourth-order valence-electron chi connectivity index (χ4n) is 3.28. The molecule has 1 aliphatic rings. The van der Waals surface area contributed by atoms with E-state index in [1.54, 1.807) is 19.5 Å². The highest BCUT2D eigenvalue weighted by molar-refractivity contribution is 5.63. The van der Waals surface area contributed by atoms with Gasteiger partial charge in [-0.2, -0.15) is 4.98 Å². The number of aromatic nitrogens is 2. The molecule has 0 radical (unpaired) electrons. The van der Waals surface area contributed by atoms with E-state index in [4.69, 9.17) is 4.74 Å². The molecule has 0 aliphatic carbocycles. The van der Waals surface area contributed by atoms with Crippen LogP contribution in [0.3, 0.4) is 0 Å². The Morgan fingerprint density at radius 1 is 1.38 bits per heavy atom. The molecule has 1 aromatic heterocycles. The summed E-state index contributed by atoms with van der Waals surface area (Å²) in [7, 11) is 0. The first-order chi connectivity index (χ1) is 13.7. The van der Waals surface area contributed by atoms with Gasteiger partial charge in [0.2, 0.25) is 0 Å². The molecule has 1 aromatic rings. The summed E-state index contributed by atoms with van der Waals surface area (Å²) in [5.41, 5.74) is -0.0307. The average Bonchev–Trinajstić information content (AvgIpc) is 3.01. The number of aliphatic hydroxyl groups excluding tert-OH is 2. The van der Waals surface area contributed by atoms with Crippen LogP contribution >= 0.6 is 0 Å². The minimum Gasteiger partial charge on any atom is -0.394 e. The summed E-state index contributed by atoms with van der Waals surface area (Å²) in [5.74, 6) is 6.96. The molecule has 3 atom stereocenters. The van der Waals surface area contributed by atoms with Gasteiger partial charge in [-0.1, -0.05) is 33.6 Å². The first-order valence-electron chi connectivity index (χ1n) is 10.0. The van der Waals surface area contributed by atoms with Gasteiger partial charge in [0.05, 0.1) is 24.6 Å². The molecule has 0 amide bonds.